The molecular formula is C28H41NO3. The summed E-state index contributed by atoms with van der Waals surface area (Å²) in [5.41, 5.74) is 2.99. The number of carbonyl (C=O) groups is 1. The van der Waals surface area contributed by atoms with Crippen molar-refractivity contribution in [1.29, 1.82) is 0 Å². The predicted octanol–water partition coefficient (Wildman–Crippen LogP) is 7.28. The Morgan fingerprint density at radius 2 is 1.62 bits per heavy atom. The molecule has 0 radical (unpaired) electrons. The zero-order valence-electron chi connectivity index (χ0n) is 20.0. The smallest absolute Gasteiger partial charge is 0.311 e. The van der Waals surface area contributed by atoms with E-state index in [1.807, 2.05) is 36.5 Å². The van der Waals surface area contributed by atoms with Crippen molar-refractivity contribution in [3.8, 4) is 16.9 Å². The van der Waals surface area contributed by atoms with E-state index in [1.54, 1.807) is 6.20 Å². The first-order chi connectivity index (χ1) is 15.7. The van der Waals surface area contributed by atoms with Gasteiger partial charge in [0.15, 0.2) is 0 Å². The third kappa shape index (κ3) is 9.52. The van der Waals surface area contributed by atoms with E-state index in [-0.39, 0.29) is 12.1 Å². The second kappa shape index (κ2) is 15.6. The number of nitrogens with zero attached hydrogens (tertiary/aromatic N) is 1. The predicted molar refractivity (Wildman–Crippen MR) is 132 cm³/mol. The monoisotopic (exact) mass is 439 g/mol. The van der Waals surface area contributed by atoms with Crippen LogP contribution in [0.3, 0.4) is 0 Å². The third-order valence-corrected chi connectivity index (χ3v) is 5.93. The molecule has 0 aliphatic rings. The molecule has 0 saturated heterocycles. The van der Waals surface area contributed by atoms with Crippen molar-refractivity contribution in [2.45, 2.75) is 103 Å². The molecule has 2 aromatic rings. The zero-order chi connectivity index (χ0) is 23.0. The Morgan fingerprint density at radius 1 is 0.906 bits per heavy atom. The number of pyridine rings is 1. The Hall–Kier alpha value is -2.20. The fourth-order valence-corrected chi connectivity index (χ4v) is 3.99. The van der Waals surface area contributed by atoms with Gasteiger partial charge in [-0.25, -0.2) is 0 Å². The number of ether oxygens (including phenoxy) is 1. The van der Waals surface area contributed by atoms with E-state index >= 15 is 0 Å². The lowest BCUT2D eigenvalue weighted by Gasteiger charge is -2.15. The van der Waals surface area contributed by atoms with E-state index < -0.39 is 0 Å². The highest BCUT2D eigenvalue weighted by atomic mass is 16.5. The molecule has 176 valence electrons. The minimum absolute atomic E-state index is 0.174. The molecule has 32 heavy (non-hydrogen) atoms. The van der Waals surface area contributed by atoms with Gasteiger partial charge in [0.05, 0.1) is 6.10 Å². The van der Waals surface area contributed by atoms with Crippen LogP contribution in [0, 0.1) is 0 Å². The van der Waals surface area contributed by atoms with Crippen LogP contribution < -0.4 is 4.74 Å². The van der Waals surface area contributed by atoms with Crippen LogP contribution in [0.5, 0.6) is 5.75 Å². The number of aryl methyl sites for hydroxylation is 1. The summed E-state index contributed by atoms with van der Waals surface area (Å²) >= 11 is 0. The van der Waals surface area contributed by atoms with E-state index in [0.29, 0.717) is 18.6 Å². The molecule has 2 rings (SSSR count). The summed E-state index contributed by atoms with van der Waals surface area (Å²) in [6.45, 7) is 4.38. The van der Waals surface area contributed by atoms with Crippen molar-refractivity contribution in [1.82, 2.24) is 4.98 Å². The summed E-state index contributed by atoms with van der Waals surface area (Å²) in [5, 5.41) is 10.4. The van der Waals surface area contributed by atoms with Crippen LogP contribution >= 0.6 is 0 Å². The number of hydrogen-bond donors (Lipinski definition) is 1. The standard InChI is InChI=1S/C28H41NO3/c1-3-5-7-9-11-17-28(31)32-27-16-13-12-15-26(27)25-20-21-29-22-23(25)18-19-24(30)14-10-8-6-4-2/h12-13,15-16,20-22,24,30H,3-11,14,17-19H2,1-2H3. The number of aliphatic hydroxyl groups is 1. The van der Waals surface area contributed by atoms with Crippen molar-refractivity contribution in [3.63, 3.8) is 0 Å². The molecule has 0 amide bonds. The lowest BCUT2D eigenvalue weighted by atomic mass is 9.96. The largest absolute Gasteiger partial charge is 0.426 e. The van der Waals surface area contributed by atoms with Crippen LogP contribution in [0.2, 0.25) is 0 Å². The minimum atomic E-state index is -0.291. The summed E-state index contributed by atoms with van der Waals surface area (Å²) in [4.78, 5) is 16.7. The number of rotatable bonds is 16. The quantitative estimate of drug-likeness (QED) is 0.170. The van der Waals surface area contributed by atoms with E-state index in [0.717, 1.165) is 48.8 Å². The normalized spacial score (nSPS) is 12.0. The number of para-hydroxylation sites is 1. The minimum Gasteiger partial charge on any atom is -0.426 e. The Morgan fingerprint density at radius 3 is 2.41 bits per heavy atom. The lowest BCUT2D eigenvalue weighted by Crippen LogP contribution is -2.10. The molecule has 4 heteroatoms. The van der Waals surface area contributed by atoms with Gasteiger partial charge in [0.2, 0.25) is 0 Å². The maximum atomic E-state index is 12.4. The maximum absolute atomic E-state index is 12.4. The molecule has 1 atom stereocenters. The van der Waals surface area contributed by atoms with Gasteiger partial charge in [-0.15, -0.1) is 0 Å². The molecule has 1 N–H and O–H groups in total. The number of aliphatic hydroxyl groups excluding tert-OH is 1. The fourth-order valence-electron chi connectivity index (χ4n) is 3.99. The van der Waals surface area contributed by atoms with Gasteiger partial charge in [0.1, 0.15) is 5.75 Å². The van der Waals surface area contributed by atoms with Gasteiger partial charge >= 0.3 is 5.97 Å². The van der Waals surface area contributed by atoms with Crippen LogP contribution in [0.1, 0.15) is 96.5 Å². The summed E-state index contributed by atoms with van der Waals surface area (Å²) in [6, 6.07) is 9.68. The number of esters is 1. The molecule has 4 nitrogen and oxygen atoms in total. The molecule has 1 heterocycles. The van der Waals surface area contributed by atoms with E-state index in [1.165, 1.54) is 38.5 Å². The Kier molecular flexibility index (Phi) is 12.7. The van der Waals surface area contributed by atoms with Gasteiger partial charge in [0, 0.05) is 24.4 Å². The molecule has 0 bridgehead atoms. The van der Waals surface area contributed by atoms with Crippen molar-refractivity contribution in [2.75, 3.05) is 0 Å². The second-order valence-corrected chi connectivity index (χ2v) is 8.71. The van der Waals surface area contributed by atoms with Gasteiger partial charge in [-0.2, -0.15) is 0 Å². The first kappa shape index (κ1) is 26.1. The molecular weight excluding hydrogens is 398 g/mol. The van der Waals surface area contributed by atoms with Crippen LogP contribution in [-0.4, -0.2) is 22.2 Å². The molecule has 1 unspecified atom stereocenters. The molecule has 1 aromatic carbocycles. The topological polar surface area (TPSA) is 59.4 Å². The number of aromatic nitrogens is 1. The first-order valence-electron chi connectivity index (χ1n) is 12.6. The SMILES string of the molecule is CCCCCCCC(=O)Oc1ccccc1-c1ccncc1CCC(O)CCCCCC. The molecule has 0 aliphatic carbocycles. The average Bonchev–Trinajstić information content (AvgIpc) is 2.81. The van der Waals surface area contributed by atoms with E-state index in [2.05, 4.69) is 18.8 Å². The van der Waals surface area contributed by atoms with E-state index in [9.17, 15) is 9.90 Å². The summed E-state index contributed by atoms with van der Waals surface area (Å²) in [7, 11) is 0. The van der Waals surface area contributed by atoms with Gasteiger partial charge in [-0.05, 0) is 48.9 Å². The second-order valence-electron chi connectivity index (χ2n) is 8.71. The summed E-state index contributed by atoms with van der Waals surface area (Å²) < 4.78 is 5.75. The molecule has 1 aromatic heterocycles. The number of benzene rings is 1. The summed E-state index contributed by atoms with van der Waals surface area (Å²) in [5.74, 6) is 0.422. The van der Waals surface area contributed by atoms with Gasteiger partial charge in [-0.1, -0.05) is 83.4 Å². The maximum Gasteiger partial charge on any atom is 0.311 e. The average molecular weight is 440 g/mol. The third-order valence-electron chi connectivity index (χ3n) is 5.93. The number of hydrogen-bond acceptors (Lipinski definition) is 4. The van der Waals surface area contributed by atoms with Gasteiger partial charge in [-0.3, -0.25) is 9.78 Å². The molecule has 0 saturated carbocycles. The highest BCUT2D eigenvalue weighted by molar-refractivity contribution is 5.79. The Labute approximate surface area is 194 Å². The zero-order valence-corrected chi connectivity index (χ0v) is 20.0. The highest BCUT2D eigenvalue weighted by Crippen LogP contribution is 2.33. The van der Waals surface area contributed by atoms with Crippen LogP contribution in [0.25, 0.3) is 11.1 Å². The van der Waals surface area contributed by atoms with E-state index in [4.69, 9.17) is 4.74 Å². The van der Waals surface area contributed by atoms with Crippen molar-refractivity contribution >= 4 is 5.97 Å². The Bertz CT molecular complexity index is 790. The molecule has 0 spiro atoms. The van der Waals surface area contributed by atoms with Gasteiger partial charge in [0.25, 0.3) is 0 Å². The number of carbonyl (C=O) groups excluding carboxylic acids is 1. The first-order valence-corrected chi connectivity index (χ1v) is 12.6. The molecule has 0 aliphatic heterocycles. The van der Waals surface area contributed by atoms with Crippen LogP contribution in [0.15, 0.2) is 42.7 Å². The summed E-state index contributed by atoms with van der Waals surface area (Å²) in [6.07, 6.45) is 16.3. The highest BCUT2D eigenvalue weighted by Gasteiger charge is 2.14. The molecule has 0 fully saturated rings. The van der Waals surface area contributed by atoms with Crippen molar-refractivity contribution in [2.24, 2.45) is 0 Å². The van der Waals surface area contributed by atoms with Crippen LogP contribution in [-0.2, 0) is 11.2 Å². The fraction of sp³-hybridized carbons (Fsp3) is 0.571. The Balaban J connectivity index is 1.99. The van der Waals surface area contributed by atoms with Crippen molar-refractivity contribution in [3.05, 3.63) is 48.3 Å². The van der Waals surface area contributed by atoms with Crippen LogP contribution in [0.4, 0.5) is 0 Å². The lowest BCUT2D eigenvalue weighted by molar-refractivity contribution is -0.134. The number of unbranched alkanes of at least 4 members (excludes halogenated alkanes) is 7. The van der Waals surface area contributed by atoms with Crippen molar-refractivity contribution < 1.29 is 14.6 Å². The van der Waals surface area contributed by atoms with Gasteiger partial charge < -0.3 is 9.84 Å².